The molecular weight excluding hydrogens is 646 g/mol. The van der Waals surface area contributed by atoms with E-state index in [9.17, 15) is 10.2 Å². The summed E-state index contributed by atoms with van der Waals surface area (Å²) in [6, 6.07) is 7.09. The number of nitrogens with zero attached hydrogens (tertiary/aromatic N) is 2. The molecule has 4 nitrogen and oxygen atoms in total. The molecule has 1 saturated carbocycles. The zero-order valence-corrected chi connectivity index (χ0v) is 26.7. The number of hydrogen-bond donors (Lipinski definition) is 2. The van der Waals surface area contributed by atoms with Crippen LogP contribution in [0.3, 0.4) is 0 Å². The molecule has 0 saturated heterocycles. The molecule has 1 fully saturated rings. The van der Waals surface area contributed by atoms with Gasteiger partial charge in [0.15, 0.2) is 0 Å². The van der Waals surface area contributed by atoms with Gasteiger partial charge < -0.3 is 34.2 Å². The van der Waals surface area contributed by atoms with E-state index in [2.05, 4.69) is 0 Å². The standard InChI is InChI=1S/C28H36Cl2N2O2.Cr.HI/c1-27(2,3)21-13-19(29)11-17(25(21)33)15-31-23-9-7-8-10-24(23)32-16-18-12-20(30)14-22(26(18)34)28(4,5)6;;/h11-16,23-24,33-34H,7-10H2,1-6H3;;1H/p-1/t23-,24-;;/m1../s1. The van der Waals surface area contributed by atoms with E-state index in [1.165, 1.54) is 0 Å². The Morgan fingerprint density at radius 2 is 1.06 bits per heavy atom. The minimum absolute atomic E-state index is 0. The second-order valence-electron chi connectivity index (χ2n) is 11.3. The van der Waals surface area contributed by atoms with Crippen molar-refractivity contribution in [3.05, 3.63) is 56.6 Å². The van der Waals surface area contributed by atoms with Gasteiger partial charge in [-0.2, -0.15) is 0 Å². The number of halogens is 3. The van der Waals surface area contributed by atoms with Crippen molar-refractivity contribution in [2.75, 3.05) is 0 Å². The topological polar surface area (TPSA) is 65.2 Å². The van der Waals surface area contributed by atoms with E-state index >= 15 is 0 Å². The molecule has 0 heterocycles. The molecule has 0 radical (unpaired) electrons. The van der Waals surface area contributed by atoms with Crippen molar-refractivity contribution in [2.24, 2.45) is 9.98 Å². The van der Waals surface area contributed by atoms with Gasteiger partial charge in [-0.3, -0.25) is 9.98 Å². The molecule has 8 heteroatoms. The Bertz CT molecular complexity index is 1020. The summed E-state index contributed by atoms with van der Waals surface area (Å²) in [4.78, 5) is 9.65. The van der Waals surface area contributed by atoms with Gasteiger partial charge in [0.05, 0.1) is 12.1 Å². The predicted molar refractivity (Wildman–Crippen MR) is 145 cm³/mol. The van der Waals surface area contributed by atoms with E-state index in [4.69, 9.17) is 33.2 Å². The maximum Gasteiger partial charge on any atom is 0.128 e. The molecule has 2 atom stereocenters. The van der Waals surface area contributed by atoms with Crippen molar-refractivity contribution in [3.8, 4) is 11.5 Å². The van der Waals surface area contributed by atoms with Gasteiger partial charge in [-0.15, -0.1) is 0 Å². The molecule has 198 valence electrons. The number of phenols is 2. The van der Waals surface area contributed by atoms with Crippen LogP contribution in [0.4, 0.5) is 0 Å². The van der Waals surface area contributed by atoms with Gasteiger partial charge in [-0.05, 0) is 47.9 Å². The monoisotopic (exact) mass is 681 g/mol. The number of aliphatic imine (C=N–C) groups is 2. The summed E-state index contributed by atoms with van der Waals surface area (Å²) in [5.74, 6) is 0.435. The summed E-state index contributed by atoms with van der Waals surface area (Å²) in [6.45, 7) is 12.3. The number of hydrogen-bond acceptors (Lipinski definition) is 4. The van der Waals surface area contributed by atoms with Crippen molar-refractivity contribution in [1.82, 2.24) is 0 Å². The van der Waals surface area contributed by atoms with Gasteiger partial charge in [0.1, 0.15) is 11.5 Å². The molecule has 2 N–H and O–H groups in total. The van der Waals surface area contributed by atoms with E-state index < -0.39 is 0 Å². The quantitative estimate of drug-likeness (QED) is 0.358. The van der Waals surface area contributed by atoms with Crippen LogP contribution in [-0.2, 0) is 28.2 Å². The summed E-state index contributed by atoms with van der Waals surface area (Å²) < 4.78 is 0. The SMILES string of the molecule is CC(C)(C)c1cc(Cl)cc(C=N[C@@H]2CCCC[C@H]2N=Cc2cc(Cl)cc(C(C)(C)C)c2O)c1O.[Cr].[I-]. The Morgan fingerprint density at radius 1 is 0.722 bits per heavy atom. The number of aromatic hydroxyl groups is 2. The van der Waals surface area contributed by atoms with Crippen LogP contribution in [0.15, 0.2) is 34.3 Å². The van der Waals surface area contributed by atoms with Crippen LogP contribution in [0.5, 0.6) is 11.5 Å². The zero-order valence-electron chi connectivity index (χ0n) is 21.8. The zero-order chi connectivity index (χ0) is 25.3. The normalized spacial score (nSPS) is 18.8. The van der Waals surface area contributed by atoms with E-state index in [0.717, 1.165) is 36.8 Å². The average Bonchev–Trinajstić information content (AvgIpc) is 2.73. The fourth-order valence-electron chi connectivity index (χ4n) is 4.37. The Hall–Kier alpha value is -0.778. The van der Waals surface area contributed by atoms with Gasteiger partial charge in [0.2, 0.25) is 0 Å². The largest absolute Gasteiger partial charge is 1.00 e. The second-order valence-corrected chi connectivity index (χ2v) is 12.1. The smallest absolute Gasteiger partial charge is 0.128 e. The van der Waals surface area contributed by atoms with E-state index in [1.807, 2.05) is 53.7 Å². The molecule has 2 aromatic carbocycles. The third-order valence-electron chi connectivity index (χ3n) is 6.33. The molecule has 0 amide bonds. The Morgan fingerprint density at radius 3 is 1.36 bits per heavy atom. The maximum atomic E-state index is 10.8. The Labute approximate surface area is 253 Å². The van der Waals surface area contributed by atoms with Crippen LogP contribution in [-0.4, -0.2) is 34.7 Å². The summed E-state index contributed by atoms with van der Waals surface area (Å²) in [5.41, 5.74) is 2.36. The van der Waals surface area contributed by atoms with Crippen molar-refractivity contribution >= 4 is 35.6 Å². The maximum absolute atomic E-state index is 10.8. The molecular formula is C28H36Cl2CrIN2O2-. The average molecular weight is 682 g/mol. The Kier molecular flexibility index (Phi) is 12.3. The van der Waals surface area contributed by atoms with E-state index in [-0.39, 0.29) is 75.8 Å². The summed E-state index contributed by atoms with van der Waals surface area (Å²) in [6.07, 6.45) is 7.45. The molecule has 1 aliphatic rings. The fourth-order valence-corrected chi connectivity index (χ4v) is 4.83. The summed E-state index contributed by atoms with van der Waals surface area (Å²) in [7, 11) is 0. The van der Waals surface area contributed by atoms with Crippen molar-refractivity contribution < 1.29 is 51.6 Å². The van der Waals surface area contributed by atoms with Gasteiger partial charge in [-0.25, -0.2) is 0 Å². The van der Waals surface area contributed by atoms with Crippen LogP contribution < -0.4 is 24.0 Å². The first kappa shape index (κ1) is 33.3. The summed E-state index contributed by atoms with van der Waals surface area (Å²) >= 11 is 12.7. The first-order valence-electron chi connectivity index (χ1n) is 11.9. The molecule has 0 unspecified atom stereocenters. The van der Waals surface area contributed by atoms with Gasteiger partial charge in [-0.1, -0.05) is 77.6 Å². The molecule has 3 rings (SSSR count). The van der Waals surface area contributed by atoms with Crippen LogP contribution in [0, 0.1) is 0 Å². The minimum Gasteiger partial charge on any atom is -1.00 e. The van der Waals surface area contributed by atoms with Gasteiger partial charge >= 0.3 is 0 Å². The molecule has 0 aromatic heterocycles. The first-order chi connectivity index (χ1) is 15.8. The van der Waals surface area contributed by atoms with Crippen molar-refractivity contribution in [3.63, 3.8) is 0 Å². The van der Waals surface area contributed by atoms with Crippen LogP contribution in [0.1, 0.15) is 89.5 Å². The van der Waals surface area contributed by atoms with E-state index in [0.29, 0.717) is 21.2 Å². The number of rotatable bonds is 4. The van der Waals surface area contributed by atoms with Crippen LogP contribution in [0.2, 0.25) is 10.0 Å². The predicted octanol–water partition coefficient (Wildman–Crippen LogP) is 4.85. The van der Waals surface area contributed by atoms with Crippen molar-refractivity contribution in [2.45, 2.75) is 90.1 Å². The molecule has 0 spiro atoms. The van der Waals surface area contributed by atoms with E-state index in [1.54, 1.807) is 24.6 Å². The van der Waals surface area contributed by atoms with Crippen LogP contribution >= 0.6 is 23.2 Å². The Balaban J connectivity index is 0.00000324. The minimum atomic E-state index is -0.236. The summed E-state index contributed by atoms with van der Waals surface area (Å²) in [5, 5.41) is 22.8. The third-order valence-corrected chi connectivity index (χ3v) is 6.76. The molecule has 0 bridgehead atoms. The number of phenolic OH excluding ortho intramolecular Hbond substituents is 2. The number of benzene rings is 2. The van der Waals surface area contributed by atoms with Gasteiger partial charge in [0.25, 0.3) is 0 Å². The third kappa shape index (κ3) is 8.36. The van der Waals surface area contributed by atoms with Crippen molar-refractivity contribution in [1.29, 1.82) is 0 Å². The first-order valence-corrected chi connectivity index (χ1v) is 12.7. The molecule has 36 heavy (non-hydrogen) atoms. The molecule has 0 aliphatic heterocycles. The van der Waals surface area contributed by atoms with Crippen LogP contribution in [0.25, 0.3) is 0 Å². The second kappa shape index (κ2) is 13.3. The fraction of sp³-hybridized carbons (Fsp3) is 0.500. The molecule has 2 aromatic rings. The van der Waals surface area contributed by atoms with Gasteiger partial charge in [0, 0.05) is 62.1 Å². The molecule has 1 aliphatic carbocycles.